The van der Waals surface area contributed by atoms with E-state index in [2.05, 4.69) is 23.4 Å². The minimum atomic E-state index is -0.704. The van der Waals surface area contributed by atoms with Crippen molar-refractivity contribution in [2.24, 2.45) is 0 Å². The largest absolute Gasteiger partial charge is 0.507 e. The third-order valence-electron chi connectivity index (χ3n) is 4.51. The molecule has 0 radical (unpaired) electrons. The van der Waals surface area contributed by atoms with Gasteiger partial charge in [-0.05, 0) is 36.4 Å². The van der Waals surface area contributed by atoms with Gasteiger partial charge in [0.25, 0.3) is 0 Å². The van der Waals surface area contributed by atoms with Gasteiger partial charge in [0.1, 0.15) is 28.2 Å². The third-order valence-corrected chi connectivity index (χ3v) is 4.51. The van der Waals surface area contributed by atoms with Gasteiger partial charge in [-0.1, -0.05) is 37.4 Å². The van der Waals surface area contributed by atoms with E-state index in [4.69, 9.17) is 9.47 Å². The molecule has 32 heavy (non-hydrogen) atoms. The molecule has 0 saturated heterocycles. The fourth-order valence-corrected chi connectivity index (χ4v) is 3.06. The lowest BCUT2D eigenvalue weighted by Crippen LogP contribution is -2.09. The van der Waals surface area contributed by atoms with Gasteiger partial charge in [-0.25, -0.2) is 9.59 Å². The molecule has 8 nitrogen and oxygen atoms in total. The highest BCUT2D eigenvalue weighted by Crippen LogP contribution is 2.41. The number of para-hydroxylation sites is 1. The number of hydrogen-bond acceptors (Lipinski definition) is 7. The first kappa shape index (κ1) is 20.5. The van der Waals surface area contributed by atoms with Crippen LogP contribution in [0.2, 0.25) is 0 Å². The first-order valence-electron chi connectivity index (χ1n) is 9.47. The Morgan fingerprint density at radius 2 is 1.50 bits per heavy atom. The molecule has 158 valence electrons. The fourth-order valence-electron chi connectivity index (χ4n) is 3.06. The van der Waals surface area contributed by atoms with Crippen LogP contribution in [0.3, 0.4) is 0 Å². The normalized spacial score (nSPS) is 10.5. The summed E-state index contributed by atoms with van der Waals surface area (Å²) in [6.07, 6.45) is 2.05. The van der Waals surface area contributed by atoms with E-state index in [-0.39, 0.29) is 22.8 Å². The molecule has 1 heterocycles. The lowest BCUT2D eigenvalue weighted by molar-refractivity contribution is -0.129. The molecule has 1 aromatic heterocycles. The number of carbonyl (C=O) groups excluding carboxylic acids is 2. The Hall–Kier alpha value is -4.72. The summed E-state index contributed by atoms with van der Waals surface area (Å²) < 4.78 is 10.7. The predicted octanol–water partition coefficient (Wildman–Crippen LogP) is 3.98. The second-order valence-electron chi connectivity index (χ2n) is 6.56. The van der Waals surface area contributed by atoms with Gasteiger partial charge in [0.15, 0.2) is 5.75 Å². The van der Waals surface area contributed by atoms with E-state index in [1.54, 1.807) is 30.3 Å². The summed E-state index contributed by atoms with van der Waals surface area (Å²) in [5.74, 6) is -1.20. The lowest BCUT2D eigenvalue weighted by Gasteiger charge is -2.15. The smallest absolute Gasteiger partial charge is 0.335 e. The van der Waals surface area contributed by atoms with Crippen LogP contribution in [0.25, 0.3) is 27.8 Å². The Labute approximate surface area is 182 Å². The van der Waals surface area contributed by atoms with Crippen LogP contribution in [0.5, 0.6) is 17.2 Å². The maximum atomic E-state index is 12.1. The number of esters is 2. The van der Waals surface area contributed by atoms with E-state index in [0.29, 0.717) is 22.3 Å². The molecule has 4 rings (SSSR count). The molecule has 3 aromatic carbocycles. The Morgan fingerprint density at radius 3 is 2.16 bits per heavy atom. The number of phenols is 1. The van der Waals surface area contributed by atoms with E-state index < -0.39 is 11.9 Å². The number of benzene rings is 3. The van der Waals surface area contributed by atoms with Gasteiger partial charge >= 0.3 is 11.9 Å². The summed E-state index contributed by atoms with van der Waals surface area (Å²) >= 11 is 0. The van der Waals surface area contributed by atoms with Crippen molar-refractivity contribution < 1.29 is 24.2 Å². The number of rotatable bonds is 6. The summed E-state index contributed by atoms with van der Waals surface area (Å²) in [4.78, 5) is 25.1. The average molecular weight is 427 g/mol. The van der Waals surface area contributed by atoms with Crippen molar-refractivity contribution in [3.63, 3.8) is 0 Å². The molecule has 0 aliphatic carbocycles. The number of ether oxygens (including phenoxy) is 2. The number of phenolic OH excluding ortho intramolecular Hbond substituents is 1. The molecule has 0 amide bonds. The number of nitrogens with zero attached hydrogens (tertiary/aromatic N) is 3. The molecule has 0 spiro atoms. The molecule has 0 aliphatic heterocycles. The minimum Gasteiger partial charge on any atom is -0.507 e. The summed E-state index contributed by atoms with van der Waals surface area (Å²) in [6, 6.07) is 16.6. The summed E-state index contributed by atoms with van der Waals surface area (Å²) in [5.41, 5.74) is 2.29. The molecule has 0 bridgehead atoms. The Balaban J connectivity index is 1.91. The first-order chi connectivity index (χ1) is 15.5. The van der Waals surface area contributed by atoms with Crippen LogP contribution in [0.4, 0.5) is 0 Å². The predicted molar refractivity (Wildman–Crippen MR) is 118 cm³/mol. The van der Waals surface area contributed by atoms with Crippen LogP contribution in [0, 0.1) is 0 Å². The van der Waals surface area contributed by atoms with Crippen molar-refractivity contribution in [3.8, 4) is 34.1 Å². The molecule has 0 unspecified atom stereocenters. The maximum absolute atomic E-state index is 12.1. The molecular weight excluding hydrogens is 410 g/mol. The topological polar surface area (TPSA) is 104 Å². The molecular formula is C24H17N3O5. The lowest BCUT2D eigenvalue weighted by atomic mass is 10.0. The highest BCUT2D eigenvalue weighted by atomic mass is 16.5. The SMILES string of the molecule is C=CC(=O)Oc1ccc(O)c(-c2cccc(-n3nc4ccccc4n3)c2OC(=O)C=C)c1. The molecule has 0 atom stereocenters. The van der Waals surface area contributed by atoms with E-state index in [1.807, 2.05) is 12.1 Å². The van der Waals surface area contributed by atoms with Crippen molar-refractivity contribution in [1.82, 2.24) is 15.0 Å². The van der Waals surface area contributed by atoms with Crippen LogP contribution >= 0.6 is 0 Å². The highest BCUT2D eigenvalue weighted by Gasteiger charge is 2.20. The zero-order valence-electron chi connectivity index (χ0n) is 16.8. The summed E-state index contributed by atoms with van der Waals surface area (Å²) in [5, 5.41) is 19.4. The van der Waals surface area contributed by atoms with E-state index in [9.17, 15) is 14.7 Å². The van der Waals surface area contributed by atoms with Gasteiger partial charge in [-0.15, -0.1) is 15.0 Å². The van der Waals surface area contributed by atoms with Gasteiger partial charge in [-0.3, -0.25) is 0 Å². The Morgan fingerprint density at radius 1 is 0.844 bits per heavy atom. The van der Waals surface area contributed by atoms with Crippen LogP contribution < -0.4 is 9.47 Å². The number of fused-ring (bicyclic) bond motifs is 1. The summed E-state index contributed by atoms with van der Waals surface area (Å²) in [6.45, 7) is 6.81. The van der Waals surface area contributed by atoms with Gasteiger partial charge in [-0.2, -0.15) is 0 Å². The van der Waals surface area contributed by atoms with E-state index >= 15 is 0 Å². The van der Waals surface area contributed by atoms with Crippen molar-refractivity contribution in [2.45, 2.75) is 0 Å². The molecule has 0 fully saturated rings. The van der Waals surface area contributed by atoms with Gasteiger partial charge < -0.3 is 14.6 Å². The second kappa shape index (κ2) is 8.57. The standard InChI is InChI=1S/C24H17N3O5/c1-3-22(29)31-15-12-13-21(28)17(14-15)16-8-7-11-20(24(16)32-23(30)4-2)27-25-18-9-5-6-10-19(18)26-27/h3-14,28H,1-2H2. The number of aromatic hydroxyl groups is 1. The second-order valence-corrected chi connectivity index (χ2v) is 6.56. The molecule has 0 aliphatic rings. The highest BCUT2D eigenvalue weighted by molar-refractivity contribution is 5.89. The van der Waals surface area contributed by atoms with Crippen LogP contribution in [-0.4, -0.2) is 32.0 Å². The van der Waals surface area contributed by atoms with E-state index in [0.717, 1.165) is 12.2 Å². The van der Waals surface area contributed by atoms with Crippen molar-refractivity contribution in [1.29, 1.82) is 0 Å². The van der Waals surface area contributed by atoms with Crippen LogP contribution in [-0.2, 0) is 9.59 Å². The van der Waals surface area contributed by atoms with Gasteiger partial charge in [0.2, 0.25) is 0 Å². The molecule has 0 saturated carbocycles. The summed E-state index contributed by atoms with van der Waals surface area (Å²) in [7, 11) is 0. The molecule has 8 heteroatoms. The average Bonchev–Trinajstić information content (AvgIpc) is 3.24. The van der Waals surface area contributed by atoms with E-state index in [1.165, 1.54) is 23.0 Å². The molecule has 1 N–H and O–H groups in total. The van der Waals surface area contributed by atoms with Crippen LogP contribution in [0.15, 0.2) is 86.0 Å². The fraction of sp³-hybridized carbons (Fsp3) is 0. The van der Waals surface area contributed by atoms with Crippen molar-refractivity contribution >= 4 is 23.0 Å². The zero-order chi connectivity index (χ0) is 22.7. The van der Waals surface area contributed by atoms with Crippen molar-refractivity contribution in [2.75, 3.05) is 0 Å². The molecule has 4 aromatic rings. The third kappa shape index (κ3) is 3.97. The van der Waals surface area contributed by atoms with Crippen LogP contribution in [0.1, 0.15) is 0 Å². The minimum absolute atomic E-state index is 0.0974. The monoisotopic (exact) mass is 427 g/mol. The van der Waals surface area contributed by atoms with Crippen molar-refractivity contribution in [3.05, 3.63) is 86.0 Å². The zero-order valence-corrected chi connectivity index (χ0v) is 16.8. The Bertz CT molecular complexity index is 1340. The number of carbonyl (C=O) groups is 2. The van der Waals surface area contributed by atoms with Gasteiger partial charge in [0.05, 0.1) is 0 Å². The first-order valence-corrected chi connectivity index (χ1v) is 9.47. The van der Waals surface area contributed by atoms with Gasteiger partial charge in [0, 0.05) is 23.3 Å². The number of aromatic nitrogens is 3. The maximum Gasteiger partial charge on any atom is 0.335 e. The number of hydrogen-bond donors (Lipinski definition) is 1. The Kier molecular flexibility index (Phi) is 5.50. The quantitative estimate of drug-likeness (QED) is 0.282.